The molecule has 0 aromatic heterocycles. The third kappa shape index (κ3) is 6.16. The van der Waals surface area contributed by atoms with E-state index in [1.54, 1.807) is 18.2 Å². The van der Waals surface area contributed by atoms with Crippen LogP contribution in [-0.2, 0) is 9.59 Å². The Morgan fingerprint density at radius 1 is 1.00 bits per heavy atom. The molecule has 0 saturated heterocycles. The molecule has 0 bridgehead atoms. The van der Waals surface area contributed by atoms with Crippen molar-refractivity contribution in [2.75, 3.05) is 16.4 Å². The van der Waals surface area contributed by atoms with Gasteiger partial charge in [-0.2, -0.15) is 0 Å². The highest BCUT2D eigenvalue weighted by Gasteiger charge is 2.21. The van der Waals surface area contributed by atoms with E-state index in [4.69, 9.17) is 23.2 Å². The van der Waals surface area contributed by atoms with Crippen molar-refractivity contribution in [1.29, 1.82) is 0 Å². The van der Waals surface area contributed by atoms with Crippen molar-refractivity contribution in [3.8, 4) is 0 Å². The molecule has 28 heavy (non-hydrogen) atoms. The van der Waals surface area contributed by atoms with Crippen molar-refractivity contribution in [3.63, 3.8) is 0 Å². The third-order valence-corrected chi connectivity index (χ3v) is 6.21. The summed E-state index contributed by atoms with van der Waals surface area (Å²) in [7, 11) is 0. The Bertz CT molecular complexity index is 854. The minimum atomic E-state index is -0.175. The number of anilines is 2. The molecule has 148 valence electrons. The molecule has 4 nitrogen and oxygen atoms in total. The van der Waals surface area contributed by atoms with E-state index < -0.39 is 0 Å². The molecule has 3 rings (SSSR count). The molecule has 2 N–H and O–H groups in total. The van der Waals surface area contributed by atoms with Gasteiger partial charge in [-0.1, -0.05) is 48.5 Å². The van der Waals surface area contributed by atoms with Crippen LogP contribution in [0.15, 0.2) is 47.4 Å². The minimum Gasteiger partial charge on any atom is -0.326 e. The molecule has 2 aromatic rings. The van der Waals surface area contributed by atoms with Crippen LogP contribution in [0.2, 0.25) is 10.0 Å². The van der Waals surface area contributed by atoms with Crippen molar-refractivity contribution in [1.82, 2.24) is 0 Å². The lowest BCUT2D eigenvalue weighted by Gasteiger charge is -2.20. The van der Waals surface area contributed by atoms with E-state index >= 15 is 0 Å². The second-order valence-corrected chi connectivity index (χ2v) is 8.71. The van der Waals surface area contributed by atoms with E-state index in [1.807, 2.05) is 24.3 Å². The topological polar surface area (TPSA) is 58.2 Å². The number of carbonyl (C=O) groups is 2. The summed E-state index contributed by atoms with van der Waals surface area (Å²) in [5, 5.41) is 6.72. The first-order chi connectivity index (χ1) is 13.5. The molecule has 0 heterocycles. The highest BCUT2D eigenvalue weighted by atomic mass is 35.5. The van der Waals surface area contributed by atoms with Gasteiger partial charge in [-0.25, -0.2) is 0 Å². The van der Waals surface area contributed by atoms with E-state index in [9.17, 15) is 9.59 Å². The van der Waals surface area contributed by atoms with Crippen molar-refractivity contribution in [2.24, 2.45) is 5.92 Å². The van der Waals surface area contributed by atoms with Crippen LogP contribution in [0.4, 0.5) is 11.4 Å². The summed E-state index contributed by atoms with van der Waals surface area (Å²) in [5.74, 6) is 0.252. The fraction of sp³-hybridized carbons (Fsp3) is 0.333. The SMILES string of the molecule is O=C(CSc1cccc(NC(=O)C2CCCCC2)c1)Nc1cc(Cl)ccc1Cl. The lowest BCUT2D eigenvalue weighted by Crippen LogP contribution is -2.24. The van der Waals surface area contributed by atoms with Gasteiger partial charge in [0, 0.05) is 21.5 Å². The summed E-state index contributed by atoms with van der Waals surface area (Å²) in [5.41, 5.74) is 1.26. The Labute approximate surface area is 179 Å². The van der Waals surface area contributed by atoms with Crippen molar-refractivity contribution >= 4 is 58.2 Å². The summed E-state index contributed by atoms with van der Waals surface area (Å²) in [6.07, 6.45) is 5.40. The number of rotatable bonds is 6. The number of hydrogen-bond acceptors (Lipinski definition) is 3. The molecule has 0 atom stereocenters. The molecule has 1 aliphatic rings. The zero-order valence-corrected chi connectivity index (χ0v) is 17.7. The standard InChI is InChI=1S/C21H22Cl2N2O2S/c22-15-9-10-18(23)19(11-15)25-20(26)13-28-17-8-4-7-16(12-17)24-21(27)14-5-2-1-3-6-14/h4,7-12,14H,1-3,5-6,13H2,(H,24,27)(H,25,26). The lowest BCUT2D eigenvalue weighted by atomic mass is 9.88. The number of thioether (sulfide) groups is 1. The Hall–Kier alpha value is -1.69. The third-order valence-electron chi connectivity index (χ3n) is 4.65. The van der Waals surface area contributed by atoms with Crippen LogP contribution < -0.4 is 10.6 Å². The molecule has 1 fully saturated rings. The predicted octanol–water partition coefficient (Wildman–Crippen LogP) is 6.24. The fourth-order valence-electron chi connectivity index (χ4n) is 3.20. The normalized spacial score (nSPS) is 14.5. The molecule has 0 aliphatic heterocycles. The maximum atomic E-state index is 12.4. The van der Waals surface area contributed by atoms with Gasteiger partial charge in [-0.15, -0.1) is 11.8 Å². The summed E-state index contributed by atoms with van der Waals surface area (Å²) in [6.45, 7) is 0. The molecule has 0 spiro atoms. The summed E-state index contributed by atoms with van der Waals surface area (Å²) >= 11 is 13.4. The van der Waals surface area contributed by atoms with Gasteiger partial charge in [0.25, 0.3) is 0 Å². The summed E-state index contributed by atoms with van der Waals surface area (Å²) < 4.78 is 0. The van der Waals surface area contributed by atoms with Gasteiger partial charge in [0.2, 0.25) is 11.8 Å². The fourth-order valence-corrected chi connectivity index (χ4v) is 4.29. The van der Waals surface area contributed by atoms with Crippen molar-refractivity contribution in [3.05, 3.63) is 52.5 Å². The molecule has 2 amide bonds. The second-order valence-electron chi connectivity index (χ2n) is 6.81. The highest BCUT2D eigenvalue weighted by Crippen LogP contribution is 2.28. The predicted molar refractivity (Wildman–Crippen MR) is 117 cm³/mol. The quantitative estimate of drug-likeness (QED) is 0.526. The van der Waals surface area contributed by atoms with E-state index in [-0.39, 0.29) is 23.5 Å². The van der Waals surface area contributed by atoms with Gasteiger partial charge >= 0.3 is 0 Å². The second kappa shape index (κ2) is 10.2. The Morgan fingerprint density at radius 2 is 1.79 bits per heavy atom. The summed E-state index contributed by atoms with van der Waals surface area (Å²) in [4.78, 5) is 25.5. The average molecular weight is 437 g/mol. The largest absolute Gasteiger partial charge is 0.326 e. The van der Waals surface area contributed by atoms with Gasteiger partial charge in [0.15, 0.2) is 0 Å². The maximum Gasteiger partial charge on any atom is 0.234 e. The van der Waals surface area contributed by atoms with E-state index in [0.29, 0.717) is 15.7 Å². The van der Waals surface area contributed by atoms with Gasteiger partial charge in [0.05, 0.1) is 16.5 Å². The van der Waals surface area contributed by atoms with Crippen LogP contribution in [0.5, 0.6) is 0 Å². The van der Waals surface area contributed by atoms with Crippen LogP contribution in [0.25, 0.3) is 0 Å². The molecular formula is C21H22Cl2N2O2S. The van der Waals surface area contributed by atoms with Crippen molar-refractivity contribution in [2.45, 2.75) is 37.0 Å². The maximum absolute atomic E-state index is 12.4. The van der Waals surface area contributed by atoms with Crippen LogP contribution in [0.3, 0.4) is 0 Å². The molecule has 0 unspecified atom stereocenters. The molecule has 1 aliphatic carbocycles. The average Bonchev–Trinajstić information content (AvgIpc) is 2.70. The number of halogens is 2. The first kappa shape index (κ1) is 21.0. The molecular weight excluding hydrogens is 415 g/mol. The molecule has 7 heteroatoms. The minimum absolute atomic E-state index is 0.0928. The van der Waals surface area contributed by atoms with Gasteiger partial charge in [0.1, 0.15) is 0 Å². The lowest BCUT2D eigenvalue weighted by molar-refractivity contribution is -0.120. The Morgan fingerprint density at radius 3 is 2.57 bits per heavy atom. The number of nitrogens with one attached hydrogen (secondary N) is 2. The van der Waals surface area contributed by atoms with Crippen LogP contribution >= 0.6 is 35.0 Å². The van der Waals surface area contributed by atoms with Crippen LogP contribution in [0.1, 0.15) is 32.1 Å². The molecule has 1 saturated carbocycles. The van der Waals surface area contributed by atoms with Crippen molar-refractivity contribution < 1.29 is 9.59 Å². The Balaban J connectivity index is 1.53. The zero-order chi connectivity index (χ0) is 19.9. The van der Waals surface area contributed by atoms with E-state index in [1.165, 1.54) is 18.2 Å². The van der Waals surface area contributed by atoms with Gasteiger partial charge in [-0.3, -0.25) is 9.59 Å². The number of amides is 2. The van der Waals surface area contributed by atoms with E-state index in [0.717, 1.165) is 36.3 Å². The first-order valence-corrected chi connectivity index (χ1v) is 11.0. The Kier molecular flexibility index (Phi) is 7.65. The number of carbonyl (C=O) groups excluding carboxylic acids is 2. The number of benzene rings is 2. The highest BCUT2D eigenvalue weighted by molar-refractivity contribution is 8.00. The smallest absolute Gasteiger partial charge is 0.234 e. The van der Waals surface area contributed by atoms with E-state index in [2.05, 4.69) is 10.6 Å². The van der Waals surface area contributed by atoms with Crippen LogP contribution in [0, 0.1) is 5.92 Å². The molecule has 2 aromatic carbocycles. The van der Waals surface area contributed by atoms with Gasteiger partial charge < -0.3 is 10.6 Å². The number of hydrogen-bond donors (Lipinski definition) is 2. The summed E-state index contributed by atoms with van der Waals surface area (Å²) in [6, 6.07) is 12.5. The zero-order valence-electron chi connectivity index (χ0n) is 15.3. The van der Waals surface area contributed by atoms with Crippen LogP contribution in [-0.4, -0.2) is 17.6 Å². The van der Waals surface area contributed by atoms with Gasteiger partial charge in [-0.05, 0) is 49.2 Å². The first-order valence-electron chi connectivity index (χ1n) is 9.30. The monoisotopic (exact) mass is 436 g/mol. The molecule has 0 radical (unpaired) electrons.